The van der Waals surface area contributed by atoms with Gasteiger partial charge in [0.15, 0.2) is 0 Å². The Morgan fingerprint density at radius 1 is 1.38 bits per heavy atom. The molecule has 0 spiro atoms. The van der Waals surface area contributed by atoms with Crippen LogP contribution in [0.1, 0.15) is 31.2 Å². The van der Waals surface area contributed by atoms with E-state index in [0.717, 1.165) is 6.07 Å². The van der Waals surface area contributed by atoms with Crippen molar-refractivity contribution < 1.29 is 14.1 Å². The smallest absolute Gasteiger partial charge is 0.295 e. The van der Waals surface area contributed by atoms with Crippen molar-refractivity contribution in [1.29, 1.82) is 0 Å². The molecule has 1 aliphatic carbocycles. The molecule has 1 aromatic carbocycles. The van der Waals surface area contributed by atoms with E-state index < -0.39 is 10.7 Å². The lowest BCUT2D eigenvalue weighted by atomic mass is 9.85. The second-order valence-corrected chi connectivity index (χ2v) is 5.47. The molecule has 0 heterocycles. The molecule has 1 aromatic rings. The number of halogens is 1. The Morgan fingerprint density at radius 3 is 2.52 bits per heavy atom. The van der Waals surface area contributed by atoms with Gasteiger partial charge in [0.2, 0.25) is 5.91 Å². The van der Waals surface area contributed by atoms with Crippen molar-refractivity contribution in [2.45, 2.75) is 38.6 Å². The van der Waals surface area contributed by atoms with E-state index in [1.165, 1.54) is 6.07 Å². The zero-order valence-electron chi connectivity index (χ0n) is 11.8. The second-order valence-electron chi connectivity index (χ2n) is 5.47. The van der Waals surface area contributed by atoms with Gasteiger partial charge in [-0.15, -0.1) is 0 Å². The minimum absolute atomic E-state index is 0.0316. The highest BCUT2D eigenvalue weighted by Gasteiger charge is 2.26. The average Bonchev–Trinajstić information content (AvgIpc) is 2.43. The molecule has 0 atom stereocenters. The number of benzene rings is 1. The van der Waals surface area contributed by atoms with Gasteiger partial charge in [0.05, 0.1) is 11.0 Å². The van der Waals surface area contributed by atoms with Crippen LogP contribution in [0.4, 0.5) is 15.8 Å². The number of nitrogens with two attached hydrogens (primary N) is 1. The van der Waals surface area contributed by atoms with Crippen LogP contribution in [0.3, 0.4) is 0 Å². The van der Waals surface area contributed by atoms with Gasteiger partial charge in [0.1, 0.15) is 11.5 Å². The molecule has 114 valence electrons. The van der Waals surface area contributed by atoms with Gasteiger partial charge in [0.25, 0.3) is 5.69 Å². The van der Waals surface area contributed by atoms with Gasteiger partial charge >= 0.3 is 0 Å². The maximum atomic E-state index is 13.5. The van der Waals surface area contributed by atoms with Crippen molar-refractivity contribution in [1.82, 2.24) is 0 Å². The first-order chi connectivity index (χ1) is 9.88. The Hall–Kier alpha value is -2.18. The predicted octanol–water partition coefficient (Wildman–Crippen LogP) is 2.50. The quantitative estimate of drug-likeness (QED) is 0.658. The molecular weight excluding hydrogens is 277 g/mol. The number of nitrogens with one attached hydrogen (secondary N) is 1. The summed E-state index contributed by atoms with van der Waals surface area (Å²) in [5.41, 5.74) is 5.68. The van der Waals surface area contributed by atoms with Crippen molar-refractivity contribution in [2.24, 2.45) is 11.7 Å². The summed E-state index contributed by atoms with van der Waals surface area (Å²) in [5, 5.41) is 14.1. The van der Waals surface area contributed by atoms with Crippen molar-refractivity contribution in [3.63, 3.8) is 0 Å². The number of nitro benzene ring substituents is 1. The molecule has 21 heavy (non-hydrogen) atoms. The standard InChI is InChI=1S/C14H18FN3O3/c1-8-6-12(13(18(20)21)7-11(8)15)17-10-4-2-9(3-5-10)14(16)19/h6-7,9-10,17H,2-5H2,1H3,(H2,16,19). The Bertz CT molecular complexity index is 569. The van der Waals surface area contributed by atoms with Gasteiger partial charge < -0.3 is 11.1 Å². The highest BCUT2D eigenvalue weighted by atomic mass is 19.1. The first-order valence-corrected chi connectivity index (χ1v) is 6.89. The van der Waals surface area contributed by atoms with Crippen molar-refractivity contribution in [3.05, 3.63) is 33.6 Å². The molecule has 1 aliphatic rings. The largest absolute Gasteiger partial charge is 0.377 e. The number of amides is 1. The summed E-state index contributed by atoms with van der Waals surface area (Å²) in [4.78, 5) is 21.5. The molecule has 0 aliphatic heterocycles. The topological polar surface area (TPSA) is 98.3 Å². The fourth-order valence-electron chi connectivity index (χ4n) is 2.68. The van der Waals surface area contributed by atoms with Gasteiger partial charge in [-0.3, -0.25) is 14.9 Å². The number of hydrogen-bond acceptors (Lipinski definition) is 4. The number of primary amides is 1. The first kappa shape index (κ1) is 15.2. The van der Waals surface area contributed by atoms with Crippen LogP contribution in [0.5, 0.6) is 0 Å². The number of nitro groups is 1. The Morgan fingerprint density at radius 2 is 2.00 bits per heavy atom. The zero-order chi connectivity index (χ0) is 15.6. The summed E-state index contributed by atoms with van der Waals surface area (Å²) in [6.45, 7) is 1.56. The fourth-order valence-corrected chi connectivity index (χ4v) is 2.68. The minimum Gasteiger partial charge on any atom is -0.377 e. The number of nitrogens with zero attached hydrogens (tertiary/aromatic N) is 1. The molecule has 7 heteroatoms. The van der Waals surface area contributed by atoms with Crippen molar-refractivity contribution >= 4 is 17.3 Å². The second kappa shape index (κ2) is 6.07. The Kier molecular flexibility index (Phi) is 4.40. The van der Waals surface area contributed by atoms with Gasteiger partial charge in [-0.2, -0.15) is 0 Å². The summed E-state index contributed by atoms with van der Waals surface area (Å²) in [6, 6.07) is 2.42. The fraction of sp³-hybridized carbons (Fsp3) is 0.500. The van der Waals surface area contributed by atoms with E-state index in [2.05, 4.69) is 5.32 Å². The van der Waals surface area contributed by atoms with E-state index in [1.54, 1.807) is 6.92 Å². The van der Waals surface area contributed by atoms with Crippen LogP contribution in [0, 0.1) is 28.8 Å². The van der Waals surface area contributed by atoms with Crippen LogP contribution in [-0.4, -0.2) is 16.9 Å². The Balaban J connectivity index is 2.11. The highest BCUT2D eigenvalue weighted by molar-refractivity contribution is 5.76. The number of rotatable bonds is 4. The third-order valence-electron chi connectivity index (χ3n) is 3.96. The molecule has 1 amide bonds. The maximum absolute atomic E-state index is 13.5. The molecular formula is C14H18FN3O3. The summed E-state index contributed by atoms with van der Waals surface area (Å²) in [5.74, 6) is -1.00. The summed E-state index contributed by atoms with van der Waals surface area (Å²) in [7, 11) is 0. The molecule has 2 rings (SSSR count). The lowest BCUT2D eigenvalue weighted by Crippen LogP contribution is -2.32. The first-order valence-electron chi connectivity index (χ1n) is 6.89. The average molecular weight is 295 g/mol. The Labute approximate surface area is 121 Å². The van der Waals surface area contributed by atoms with E-state index >= 15 is 0 Å². The molecule has 0 aromatic heterocycles. The van der Waals surface area contributed by atoms with Gasteiger partial charge in [-0.05, 0) is 44.2 Å². The maximum Gasteiger partial charge on any atom is 0.295 e. The molecule has 0 bridgehead atoms. The summed E-state index contributed by atoms with van der Waals surface area (Å²) >= 11 is 0. The predicted molar refractivity (Wildman–Crippen MR) is 76.4 cm³/mol. The number of carbonyl (C=O) groups is 1. The number of hydrogen-bond donors (Lipinski definition) is 2. The third-order valence-corrected chi connectivity index (χ3v) is 3.96. The number of carbonyl (C=O) groups excluding carboxylic acids is 1. The van der Waals surface area contributed by atoms with Crippen LogP contribution in [-0.2, 0) is 4.79 Å². The zero-order valence-corrected chi connectivity index (χ0v) is 11.8. The van der Waals surface area contributed by atoms with Crippen molar-refractivity contribution in [2.75, 3.05) is 5.32 Å². The molecule has 0 saturated heterocycles. The van der Waals surface area contributed by atoms with Crippen molar-refractivity contribution in [3.8, 4) is 0 Å². The lowest BCUT2D eigenvalue weighted by Gasteiger charge is -2.28. The number of aryl methyl sites for hydroxylation is 1. The molecule has 1 fully saturated rings. The van der Waals surface area contributed by atoms with Gasteiger partial charge in [0, 0.05) is 12.0 Å². The highest BCUT2D eigenvalue weighted by Crippen LogP contribution is 2.32. The SMILES string of the molecule is Cc1cc(NC2CCC(C(N)=O)CC2)c([N+](=O)[O-])cc1F. The van der Waals surface area contributed by atoms with Crippen LogP contribution >= 0.6 is 0 Å². The lowest BCUT2D eigenvalue weighted by molar-refractivity contribution is -0.384. The molecule has 0 radical (unpaired) electrons. The van der Waals surface area contributed by atoms with Crippen LogP contribution in [0.25, 0.3) is 0 Å². The molecule has 3 N–H and O–H groups in total. The summed E-state index contributed by atoms with van der Waals surface area (Å²) in [6.07, 6.45) is 2.75. The normalized spacial score (nSPS) is 21.8. The third kappa shape index (κ3) is 3.48. The molecule has 1 saturated carbocycles. The van der Waals surface area contributed by atoms with Crippen LogP contribution < -0.4 is 11.1 Å². The van der Waals surface area contributed by atoms with Crippen LogP contribution in [0.2, 0.25) is 0 Å². The van der Waals surface area contributed by atoms with E-state index in [1.807, 2.05) is 0 Å². The minimum atomic E-state index is -0.597. The van der Waals surface area contributed by atoms with E-state index in [4.69, 9.17) is 5.73 Å². The number of anilines is 1. The van der Waals surface area contributed by atoms with E-state index in [-0.39, 0.29) is 23.6 Å². The van der Waals surface area contributed by atoms with Crippen LogP contribution in [0.15, 0.2) is 12.1 Å². The van der Waals surface area contributed by atoms with E-state index in [9.17, 15) is 19.3 Å². The molecule has 6 nitrogen and oxygen atoms in total. The molecule has 0 unspecified atom stereocenters. The van der Waals surface area contributed by atoms with E-state index in [0.29, 0.717) is 36.9 Å². The van der Waals surface area contributed by atoms with Gasteiger partial charge in [-0.25, -0.2) is 4.39 Å². The monoisotopic (exact) mass is 295 g/mol. The van der Waals surface area contributed by atoms with Gasteiger partial charge in [-0.1, -0.05) is 0 Å². The summed E-state index contributed by atoms with van der Waals surface area (Å²) < 4.78 is 13.5.